The zero-order valence-electron chi connectivity index (χ0n) is 10.5. The van der Waals surface area contributed by atoms with Gasteiger partial charge in [0.25, 0.3) is 0 Å². The highest BCUT2D eigenvalue weighted by Gasteiger charge is 2.41. The summed E-state index contributed by atoms with van der Waals surface area (Å²) in [6.07, 6.45) is 12.2. The molecule has 94 valence electrons. The van der Waals surface area contributed by atoms with Crippen LogP contribution in [0, 0.1) is 0 Å². The Labute approximate surface area is 99.6 Å². The van der Waals surface area contributed by atoms with Crippen LogP contribution in [0.15, 0.2) is 0 Å². The predicted octanol–water partition coefficient (Wildman–Crippen LogP) is 4.58. The van der Waals surface area contributed by atoms with Gasteiger partial charge in [0.15, 0.2) is 0 Å². The van der Waals surface area contributed by atoms with Crippen LogP contribution in [0.2, 0.25) is 0 Å². The summed E-state index contributed by atoms with van der Waals surface area (Å²) in [5.41, 5.74) is 0.767. The van der Waals surface area contributed by atoms with Gasteiger partial charge in [-0.25, -0.2) is 0 Å². The van der Waals surface area contributed by atoms with Crippen LogP contribution in [0.25, 0.3) is 0 Å². The molecule has 0 N–H and O–H groups in total. The molecule has 0 atom stereocenters. The van der Waals surface area contributed by atoms with E-state index in [2.05, 4.69) is 0 Å². The highest BCUT2D eigenvalue weighted by molar-refractivity contribution is 7.60. The molecule has 0 saturated heterocycles. The number of rotatable bonds is 3. The van der Waals surface area contributed by atoms with Gasteiger partial charge in [0, 0.05) is 18.4 Å². The minimum absolute atomic E-state index is 0.384. The van der Waals surface area contributed by atoms with Crippen molar-refractivity contribution in [2.24, 2.45) is 0 Å². The summed E-state index contributed by atoms with van der Waals surface area (Å²) in [6, 6.07) is 0. The van der Waals surface area contributed by atoms with Crippen LogP contribution < -0.4 is 0 Å². The van der Waals surface area contributed by atoms with Gasteiger partial charge in [-0.05, 0) is 25.7 Å². The van der Waals surface area contributed by atoms with E-state index in [4.69, 9.17) is 4.52 Å². The van der Waals surface area contributed by atoms with E-state index < -0.39 is 7.37 Å². The van der Waals surface area contributed by atoms with E-state index in [1.165, 1.54) is 38.5 Å². The monoisotopic (exact) mass is 244 g/mol. The minimum atomic E-state index is -2.35. The van der Waals surface area contributed by atoms with Crippen LogP contribution in [0.5, 0.6) is 0 Å². The SMILES string of the molecule is COP(=O)(C1CCCCC1)C1CCCCC1. The van der Waals surface area contributed by atoms with E-state index in [-0.39, 0.29) is 0 Å². The van der Waals surface area contributed by atoms with E-state index >= 15 is 0 Å². The first-order valence-corrected chi connectivity index (χ1v) is 8.69. The zero-order chi connectivity index (χ0) is 11.4. The Morgan fingerprint density at radius 3 is 1.50 bits per heavy atom. The first-order chi connectivity index (χ1) is 7.77. The van der Waals surface area contributed by atoms with Crippen molar-refractivity contribution in [1.29, 1.82) is 0 Å². The van der Waals surface area contributed by atoms with E-state index in [0.29, 0.717) is 11.3 Å². The number of hydrogen-bond acceptors (Lipinski definition) is 2. The molecule has 0 amide bonds. The smallest absolute Gasteiger partial charge is 0.208 e. The van der Waals surface area contributed by atoms with Crippen LogP contribution >= 0.6 is 7.37 Å². The van der Waals surface area contributed by atoms with Crippen LogP contribution in [-0.2, 0) is 9.09 Å². The summed E-state index contributed by atoms with van der Waals surface area (Å²) < 4.78 is 18.6. The van der Waals surface area contributed by atoms with Gasteiger partial charge in [-0.3, -0.25) is 4.57 Å². The summed E-state index contributed by atoms with van der Waals surface area (Å²) in [4.78, 5) is 0. The minimum Gasteiger partial charge on any atom is -0.331 e. The summed E-state index contributed by atoms with van der Waals surface area (Å²) in [5, 5.41) is 0. The molecule has 16 heavy (non-hydrogen) atoms. The molecule has 0 aromatic carbocycles. The molecule has 0 spiro atoms. The standard InChI is InChI=1S/C13H25O2P/c1-15-16(14,12-8-4-2-5-9-12)13-10-6-3-7-11-13/h12-13H,2-11H2,1H3. The Bertz CT molecular complexity index is 231. The van der Waals surface area contributed by atoms with Crippen molar-refractivity contribution in [1.82, 2.24) is 0 Å². The van der Waals surface area contributed by atoms with Gasteiger partial charge in [0.1, 0.15) is 0 Å². The summed E-state index contributed by atoms with van der Waals surface area (Å²) in [5.74, 6) is 0. The van der Waals surface area contributed by atoms with Gasteiger partial charge in [0.05, 0.1) is 0 Å². The maximum absolute atomic E-state index is 13.1. The maximum Gasteiger partial charge on any atom is 0.208 e. The molecular formula is C13H25O2P. The molecule has 0 aromatic heterocycles. The maximum atomic E-state index is 13.1. The highest BCUT2D eigenvalue weighted by Crippen LogP contribution is 2.62. The van der Waals surface area contributed by atoms with Crippen molar-refractivity contribution in [3.63, 3.8) is 0 Å². The molecular weight excluding hydrogens is 219 g/mol. The normalized spacial score (nSPS) is 25.8. The van der Waals surface area contributed by atoms with Crippen LogP contribution in [0.4, 0.5) is 0 Å². The summed E-state index contributed by atoms with van der Waals surface area (Å²) >= 11 is 0. The number of hydrogen-bond donors (Lipinski definition) is 0. The fraction of sp³-hybridized carbons (Fsp3) is 1.00. The highest BCUT2D eigenvalue weighted by atomic mass is 31.2. The molecule has 2 aliphatic carbocycles. The fourth-order valence-corrected chi connectivity index (χ4v) is 6.84. The lowest BCUT2D eigenvalue weighted by Gasteiger charge is -2.36. The Hall–Kier alpha value is 0.190. The van der Waals surface area contributed by atoms with Crippen molar-refractivity contribution in [2.45, 2.75) is 75.5 Å². The summed E-state index contributed by atoms with van der Waals surface area (Å²) in [7, 11) is -0.667. The zero-order valence-corrected chi connectivity index (χ0v) is 11.4. The Morgan fingerprint density at radius 2 is 1.19 bits per heavy atom. The molecule has 0 bridgehead atoms. The second-order valence-corrected chi connectivity index (χ2v) is 8.53. The van der Waals surface area contributed by atoms with Crippen molar-refractivity contribution in [2.75, 3.05) is 7.11 Å². The lowest BCUT2D eigenvalue weighted by molar-refractivity contribution is 0.338. The average molecular weight is 244 g/mol. The second kappa shape index (κ2) is 5.69. The van der Waals surface area contributed by atoms with Gasteiger partial charge < -0.3 is 4.52 Å². The molecule has 2 saturated carbocycles. The van der Waals surface area contributed by atoms with Gasteiger partial charge in [-0.1, -0.05) is 38.5 Å². The molecule has 0 unspecified atom stereocenters. The molecule has 2 aliphatic rings. The molecule has 3 heteroatoms. The molecule has 0 heterocycles. The predicted molar refractivity (Wildman–Crippen MR) is 68.4 cm³/mol. The Balaban J connectivity index is 2.06. The molecule has 0 radical (unpaired) electrons. The largest absolute Gasteiger partial charge is 0.331 e. The molecule has 2 nitrogen and oxygen atoms in total. The molecule has 2 rings (SSSR count). The lowest BCUT2D eigenvalue weighted by atomic mass is 10.00. The topological polar surface area (TPSA) is 26.3 Å². The van der Waals surface area contributed by atoms with Crippen LogP contribution in [0.3, 0.4) is 0 Å². The Kier molecular flexibility index (Phi) is 4.49. The van der Waals surface area contributed by atoms with Gasteiger partial charge >= 0.3 is 0 Å². The first kappa shape index (κ1) is 12.6. The average Bonchev–Trinajstić information content (AvgIpc) is 2.40. The van der Waals surface area contributed by atoms with Crippen molar-refractivity contribution in [3.05, 3.63) is 0 Å². The van der Waals surface area contributed by atoms with E-state index in [1.54, 1.807) is 7.11 Å². The Morgan fingerprint density at radius 1 is 0.812 bits per heavy atom. The lowest BCUT2D eigenvalue weighted by Crippen LogP contribution is -2.24. The molecule has 0 aromatic rings. The third-order valence-corrected chi connectivity index (χ3v) is 8.09. The van der Waals surface area contributed by atoms with E-state index in [9.17, 15) is 4.57 Å². The third kappa shape index (κ3) is 2.54. The van der Waals surface area contributed by atoms with Crippen molar-refractivity contribution < 1.29 is 9.09 Å². The summed E-state index contributed by atoms with van der Waals surface area (Å²) in [6.45, 7) is 0. The van der Waals surface area contributed by atoms with Gasteiger partial charge in [-0.15, -0.1) is 0 Å². The third-order valence-electron chi connectivity index (χ3n) is 4.45. The molecule has 2 fully saturated rings. The van der Waals surface area contributed by atoms with Crippen LogP contribution in [0.1, 0.15) is 64.2 Å². The van der Waals surface area contributed by atoms with Crippen LogP contribution in [-0.4, -0.2) is 18.4 Å². The second-order valence-electron chi connectivity index (χ2n) is 5.41. The van der Waals surface area contributed by atoms with E-state index in [1.807, 2.05) is 0 Å². The first-order valence-electron chi connectivity index (χ1n) is 6.92. The molecule has 0 aliphatic heterocycles. The van der Waals surface area contributed by atoms with Gasteiger partial charge in [0.2, 0.25) is 7.37 Å². The van der Waals surface area contributed by atoms with Crippen molar-refractivity contribution in [3.8, 4) is 0 Å². The quantitative estimate of drug-likeness (QED) is 0.679. The van der Waals surface area contributed by atoms with Gasteiger partial charge in [-0.2, -0.15) is 0 Å². The van der Waals surface area contributed by atoms with Crippen molar-refractivity contribution >= 4 is 7.37 Å². The fourth-order valence-electron chi connectivity index (χ4n) is 3.48. The van der Waals surface area contributed by atoms with E-state index in [0.717, 1.165) is 25.7 Å².